The SMILES string of the molecule is Cc1ncsc1CNC1CCN(CC(=O)N(C)C)CC1. The quantitative estimate of drug-likeness (QED) is 0.884. The van der Waals surface area contributed by atoms with Gasteiger partial charge in [-0.3, -0.25) is 9.69 Å². The first-order chi connectivity index (χ1) is 9.56. The van der Waals surface area contributed by atoms with Crippen molar-refractivity contribution in [1.29, 1.82) is 0 Å². The highest BCUT2D eigenvalue weighted by Crippen LogP contribution is 2.14. The fourth-order valence-electron chi connectivity index (χ4n) is 2.36. The van der Waals surface area contributed by atoms with E-state index in [0.29, 0.717) is 12.6 Å². The topological polar surface area (TPSA) is 48.5 Å². The fourth-order valence-corrected chi connectivity index (χ4v) is 3.09. The zero-order valence-corrected chi connectivity index (χ0v) is 13.4. The van der Waals surface area contributed by atoms with Crippen LogP contribution in [0.25, 0.3) is 0 Å². The van der Waals surface area contributed by atoms with Gasteiger partial charge in [0.05, 0.1) is 17.7 Å². The predicted octanol–water partition coefficient (Wildman–Crippen LogP) is 1.09. The monoisotopic (exact) mass is 296 g/mol. The maximum atomic E-state index is 11.7. The van der Waals surface area contributed by atoms with Crippen LogP contribution >= 0.6 is 11.3 Å². The van der Waals surface area contributed by atoms with E-state index in [2.05, 4.69) is 22.1 Å². The van der Waals surface area contributed by atoms with Gasteiger partial charge >= 0.3 is 0 Å². The van der Waals surface area contributed by atoms with Crippen molar-refractivity contribution in [3.63, 3.8) is 0 Å². The van der Waals surface area contributed by atoms with E-state index in [1.54, 1.807) is 16.2 Å². The number of amides is 1. The van der Waals surface area contributed by atoms with E-state index in [-0.39, 0.29) is 5.91 Å². The van der Waals surface area contributed by atoms with Crippen LogP contribution in [-0.2, 0) is 11.3 Å². The highest BCUT2D eigenvalue weighted by Gasteiger charge is 2.21. The van der Waals surface area contributed by atoms with Crippen LogP contribution in [-0.4, -0.2) is 60.5 Å². The number of aromatic nitrogens is 1. The van der Waals surface area contributed by atoms with Crippen molar-refractivity contribution in [2.24, 2.45) is 0 Å². The van der Waals surface area contributed by atoms with Gasteiger partial charge in [-0.1, -0.05) is 0 Å². The maximum Gasteiger partial charge on any atom is 0.236 e. The zero-order valence-electron chi connectivity index (χ0n) is 12.6. The average molecular weight is 296 g/mol. The van der Waals surface area contributed by atoms with Crippen LogP contribution in [0.1, 0.15) is 23.4 Å². The van der Waals surface area contributed by atoms with E-state index < -0.39 is 0 Å². The Hall–Kier alpha value is -0.980. The fraction of sp³-hybridized carbons (Fsp3) is 0.714. The lowest BCUT2D eigenvalue weighted by Gasteiger charge is -2.32. The van der Waals surface area contributed by atoms with E-state index in [1.165, 1.54) is 4.88 Å². The van der Waals surface area contributed by atoms with Crippen molar-refractivity contribution in [3.05, 3.63) is 16.1 Å². The maximum absolute atomic E-state index is 11.7. The van der Waals surface area contributed by atoms with Crippen molar-refractivity contribution in [3.8, 4) is 0 Å². The molecule has 112 valence electrons. The number of hydrogen-bond acceptors (Lipinski definition) is 5. The summed E-state index contributed by atoms with van der Waals surface area (Å²) in [5.41, 5.74) is 3.04. The van der Waals surface area contributed by atoms with Crippen LogP contribution < -0.4 is 5.32 Å². The van der Waals surface area contributed by atoms with Crippen molar-refractivity contribution in [2.45, 2.75) is 32.4 Å². The number of rotatable bonds is 5. The van der Waals surface area contributed by atoms with E-state index in [9.17, 15) is 4.79 Å². The van der Waals surface area contributed by atoms with Crippen molar-refractivity contribution >= 4 is 17.2 Å². The summed E-state index contributed by atoms with van der Waals surface area (Å²) < 4.78 is 0. The molecule has 2 heterocycles. The lowest BCUT2D eigenvalue weighted by Crippen LogP contribution is -2.45. The third-order valence-corrected chi connectivity index (χ3v) is 4.78. The average Bonchev–Trinajstić information content (AvgIpc) is 2.83. The molecule has 5 nitrogen and oxygen atoms in total. The number of thiazole rings is 1. The van der Waals surface area contributed by atoms with E-state index in [4.69, 9.17) is 0 Å². The molecule has 1 saturated heterocycles. The number of nitrogens with one attached hydrogen (secondary N) is 1. The Morgan fingerprint density at radius 2 is 2.20 bits per heavy atom. The standard InChI is InChI=1S/C14H24N4OS/c1-11-13(20-10-16-11)8-15-12-4-6-18(7-5-12)9-14(19)17(2)3/h10,12,15H,4-9H2,1-3H3. The number of carbonyl (C=O) groups is 1. The highest BCUT2D eigenvalue weighted by atomic mass is 32.1. The van der Waals surface area contributed by atoms with Gasteiger partial charge in [-0.2, -0.15) is 0 Å². The summed E-state index contributed by atoms with van der Waals surface area (Å²) in [4.78, 5) is 21.2. The molecule has 1 aliphatic heterocycles. The minimum absolute atomic E-state index is 0.191. The number of likely N-dealkylation sites (tertiary alicyclic amines) is 1. The van der Waals surface area contributed by atoms with Crippen LogP contribution in [0.15, 0.2) is 5.51 Å². The first-order valence-corrected chi connectivity index (χ1v) is 7.99. The largest absolute Gasteiger partial charge is 0.348 e. The zero-order chi connectivity index (χ0) is 14.5. The molecular weight excluding hydrogens is 272 g/mol. The van der Waals surface area contributed by atoms with E-state index >= 15 is 0 Å². The smallest absolute Gasteiger partial charge is 0.236 e. The van der Waals surface area contributed by atoms with Crippen molar-refractivity contribution in [1.82, 2.24) is 20.1 Å². The third kappa shape index (κ3) is 4.26. The van der Waals surface area contributed by atoms with Gasteiger partial charge in [0.15, 0.2) is 0 Å². The Balaban J connectivity index is 1.69. The number of carbonyl (C=O) groups excluding carboxylic acids is 1. The molecule has 20 heavy (non-hydrogen) atoms. The Kier molecular flexibility index (Phi) is 5.51. The normalized spacial score (nSPS) is 17.4. The van der Waals surface area contributed by atoms with Gasteiger partial charge in [0.2, 0.25) is 5.91 Å². The van der Waals surface area contributed by atoms with Crippen LogP contribution in [0.5, 0.6) is 0 Å². The number of aryl methyl sites for hydroxylation is 1. The molecule has 1 amide bonds. The van der Waals surface area contributed by atoms with E-state index in [0.717, 1.165) is 38.2 Å². The van der Waals surface area contributed by atoms with Gasteiger partial charge < -0.3 is 10.2 Å². The highest BCUT2D eigenvalue weighted by molar-refractivity contribution is 7.09. The van der Waals surface area contributed by atoms with Crippen molar-refractivity contribution < 1.29 is 4.79 Å². The van der Waals surface area contributed by atoms with E-state index in [1.807, 2.05) is 19.6 Å². The second kappa shape index (κ2) is 7.15. The molecule has 0 bridgehead atoms. The number of likely N-dealkylation sites (N-methyl/N-ethyl adjacent to an activating group) is 1. The molecular formula is C14H24N4OS. The summed E-state index contributed by atoms with van der Waals surface area (Å²) in [6, 6.07) is 0.558. The predicted molar refractivity (Wildman–Crippen MR) is 81.8 cm³/mol. The Morgan fingerprint density at radius 3 is 2.75 bits per heavy atom. The Labute approximate surface area is 125 Å². The summed E-state index contributed by atoms with van der Waals surface area (Å²) in [5, 5.41) is 3.61. The lowest BCUT2D eigenvalue weighted by molar-refractivity contribution is -0.130. The molecule has 1 aromatic heterocycles. The molecule has 2 rings (SSSR count). The van der Waals surface area contributed by atoms with Crippen LogP contribution in [0, 0.1) is 6.92 Å². The van der Waals surface area contributed by atoms with Gasteiger partial charge in [-0.15, -0.1) is 11.3 Å². The molecule has 0 unspecified atom stereocenters. The van der Waals surface area contributed by atoms with Gasteiger partial charge in [0.1, 0.15) is 0 Å². The number of nitrogens with zero attached hydrogens (tertiary/aromatic N) is 3. The van der Waals surface area contributed by atoms with Crippen molar-refractivity contribution in [2.75, 3.05) is 33.7 Å². The summed E-state index contributed by atoms with van der Waals surface area (Å²) in [6.45, 7) is 5.52. The summed E-state index contributed by atoms with van der Waals surface area (Å²) in [5.74, 6) is 0.191. The molecule has 0 radical (unpaired) electrons. The van der Waals surface area contributed by atoms with Crippen LogP contribution in [0.3, 0.4) is 0 Å². The molecule has 6 heteroatoms. The Morgan fingerprint density at radius 1 is 1.50 bits per heavy atom. The van der Waals surface area contributed by atoms with Gasteiger partial charge in [0.25, 0.3) is 0 Å². The number of piperidine rings is 1. The second-order valence-electron chi connectivity index (χ2n) is 5.58. The lowest BCUT2D eigenvalue weighted by atomic mass is 10.0. The summed E-state index contributed by atoms with van der Waals surface area (Å²) in [7, 11) is 3.63. The van der Waals surface area contributed by atoms with Gasteiger partial charge in [-0.05, 0) is 19.8 Å². The third-order valence-electron chi connectivity index (χ3n) is 3.84. The van der Waals surface area contributed by atoms with Gasteiger partial charge in [-0.25, -0.2) is 4.98 Å². The molecule has 0 saturated carbocycles. The minimum Gasteiger partial charge on any atom is -0.348 e. The molecule has 1 aliphatic rings. The molecule has 0 atom stereocenters. The summed E-state index contributed by atoms with van der Waals surface area (Å²) in [6.07, 6.45) is 2.22. The first-order valence-electron chi connectivity index (χ1n) is 7.11. The van der Waals surface area contributed by atoms with Crippen LogP contribution in [0.4, 0.5) is 0 Å². The molecule has 0 aromatic carbocycles. The summed E-state index contributed by atoms with van der Waals surface area (Å²) >= 11 is 1.72. The van der Waals surface area contributed by atoms with Gasteiger partial charge in [0, 0.05) is 44.6 Å². The van der Waals surface area contributed by atoms with Crippen LogP contribution in [0.2, 0.25) is 0 Å². The Bertz CT molecular complexity index is 438. The number of hydrogen-bond donors (Lipinski definition) is 1. The first kappa shape index (κ1) is 15.4. The molecule has 1 fully saturated rings. The molecule has 1 aromatic rings. The minimum atomic E-state index is 0.191. The molecule has 1 N–H and O–H groups in total. The molecule has 0 aliphatic carbocycles. The second-order valence-corrected chi connectivity index (χ2v) is 6.52. The molecule has 0 spiro atoms.